The van der Waals surface area contributed by atoms with Crippen LogP contribution in [0.15, 0.2) is 41.9 Å². The van der Waals surface area contributed by atoms with Crippen molar-refractivity contribution in [2.45, 2.75) is 12.1 Å². The molecule has 0 aliphatic carbocycles. The highest BCUT2D eigenvalue weighted by Gasteiger charge is 2.09. The summed E-state index contributed by atoms with van der Waals surface area (Å²) in [5.74, 6) is 1.57. The molecule has 6 heteroatoms. The molecule has 0 amide bonds. The Kier molecular flexibility index (Phi) is 2.93. The molecule has 90 valence electrons. The van der Waals surface area contributed by atoms with Crippen molar-refractivity contribution in [2.75, 3.05) is 5.75 Å². The van der Waals surface area contributed by atoms with Gasteiger partial charge in [-0.3, -0.25) is 4.98 Å². The van der Waals surface area contributed by atoms with Crippen LogP contribution in [0.4, 0.5) is 0 Å². The summed E-state index contributed by atoms with van der Waals surface area (Å²) in [5.41, 5.74) is 2.02. The zero-order valence-electron chi connectivity index (χ0n) is 9.82. The van der Waals surface area contributed by atoms with Gasteiger partial charge in [0.25, 0.3) is 5.78 Å². The molecular weight excluding hydrogens is 246 g/mol. The van der Waals surface area contributed by atoms with Crippen LogP contribution in [0.5, 0.6) is 0 Å². The number of hydrogen-bond acceptors (Lipinski definition) is 5. The smallest absolute Gasteiger partial charge is 0.253 e. The number of rotatable bonds is 3. The molecule has 3 aromatic rings. The molecule has 0 aromatic carbocycles. The third kappa shape index (κ3) is 1.95. The van der Waals surface area contributed by atoms with Gasteiger partial charge in [-0.05, 0) is 24.0 Å². The minimum Gasteiger partial charge on any atom is -0.265 e. The van der Waals surface area contributed by atoms with Crippen LogP contribution < -0.4 is 0 Å². The van der Waals surface area contributed by atoms with Gasteiger partial charge in [0.05, 0.1) is 5.69 Å². The standard InChI is InChI=1S/C12H11N5S/c1-2-18-12-15-11-14-8-5-10(17(11)16-12)9-3-6-13-7-4-9/h3-8H,2H2,1H3. The van der Waals surface area contributed by atoms with Crippen LogP contribution in [0.2, 0.25) is 0 Å². The van der Waals surface area contributed by atoms with E-state index in [2.05, 4.69) is 27.0 Å². The van der Waals surface area contributed by atoms with Crippen molar-refractivity contribution < 1.29 is 0 Å². The molecule has 0 bridgehead atoms. The molecule has 0 N–H and O–H groups in total. The molecule has 0 radical (unpaired) electrons. The van der Waals surface area contributed by atoms with Gasteiger partial charge in [0, 0.05) is 24.2 Å². The molecule has 0 fully saturated rings. The van der Waals surface area contributed by atoms with Crippen LogP contribution in [-0.4, -0.2) is 30.3 Å². The quantitative estimate of drug-likeness (QED) is 0.674. The maximum absolute atomic E-state index is 4.46. The molecular formula is C12H11N5S. The Bertz CT molecular complexity index is 665. The second kappa shape index (κ2) is 4.73. The second-order valence-electron chi connectivity index (χ2n) is 3.61. The summed E-state index contributed by atoms with van der Waals surface area (Å²) < 4.78 is 1.77. The van der Waals surface area contributed by atoms with E-state index in [-0.39, 0.29) is 0 Å². The Morgan fingerprint density at radius 3 is 2.78 bits per heavy atom. The molecule has 0 unspecified atom stereocenters. The SMILES string of the molecule is CCSc1nc2nccc(-c3ccncc3)n2n1. The van der Waals surface area contributed by atoms with Crippen molar-refractivity contribution in [3.63, 3.8) is 0 Å². The fraction of sp³-hybridized carbons (Fsp3) is 0.167. The molecule has 18 heavy (non-hydrogen) atoms. The molecule has 0 aliphatic rings. The zero-order chi connectivity index (χ0) is 12.4. The number of pyridine rings is 1. The molecule has 0 saturated carbocycles. The average molecular weight is 257 g/mol. The molecule has 3 heterocycles. The minimum absolute atomic E-state index is 0.625. The van der Waals surface area contributed by atoms with E-state index in [4.69, 9.17) is 0 Å². The number of thioether (sulfide) groups is 1. The summed E-state index contributed by atoms with van der Waals surface area (Å²) in [6.45, 7) is 2.08. The third-order valence-corrected chi connectivity index (χ3v) is 3.19. The van der Waals surface area contributed by atoms with E-state index in [1.165, 1.54) is 0 Å². The monoisotopic (exact) mass is 257 g/mol. The summed E-state index contributed by atoms with van der Waals surface area (Å²) in [6, 6.07) is 5.82. The van der Waals surface area contributed by atoms with Crippen molar-refractivity contribution in [1.82, 2.24) is 24.6 Å². The molecule has 3 rings (SSSR count). The summed E-state index contributed by atoms with van der Waals surface area (Å²) >= 11 is 1.61. The Balaban J connectivity index is 2.17. The van der Waals surface area contributed by atoms with Gasteiger partial charge in [-0.1, -0.05) is 18.7 Å². The third-order valence-electron chi connectivity index (χ3n) is 2.47. The molecule has 0 spiro atoms. The largest absolute Gasteiger partial charge is 0.265 e. The minimum atomic E-state index is 0.625. The molecule has 3 aromatic heterocycles. The first-order valence-electron chi connectivity index (χ1n) is 5.63. The van der Waals surface area contributed by atoms with E-state index in [0.717, 1.165) is 22.2 Å². The van der Waals surface area contributed by atoms with Crippen LogP contribution in [0.25, 0.3) is 17.0 Å². The maximum Gasteiger partial charge on any atom is 0.253 e. The fourth-order valence-corrected chi connectivity index (χ4v) is 2.25. The van der Waals surface area contributed by atoms with Gasteiger partial charge in [0.15, 0.2) is 0 Å². The van der Waals surface area contributed by atoms with Crippen LogP contribution in [0.1, 0.15) is 6.92 Å². The van der Waals surface area contributed by atoms with Crippen molar-refractivity contribution in [3.8, 4) is 11.3 Å². The van der Waals surface area contributed by atoms with Gasteiger partial charge >= 0.3 is 0 Å². The number of aromatic nitrogens is 5. The fourth-order valence-electron chi connectivity index (χ4n) is 1.71. The number of nitrogens with zero attached hydrogens (tertiary/aromatic N) is 5. The Morgan fingerprint density at radius 2 is 2.00 bits per heavy atom. The molecule has 0 saturated heterocycles. The Morgan fingerprint density at radius 1 is 1.17 bits per heavy atom. The van der Waals surface area contributed by atoms with Gasteiger partial charge in [-0.15, -0.1) is 5.10 Å². The summed E-state index contributed by atoms with van der Waals surface area (Å²) in [7, 11) is 0. The van der Waals surface area contributed by atoms with Crippen molar-refractivity contribution >= 4 is 17.5 Å². The Labute approximate surface area is 108 Å². The van der Waals surface area contributed by atoms with Gasteiger partial charge in [0.2, 0.25) is 5.16 Å². The highest BCUT2D eigenvalue weighted by atomic mass is 32.2. The first kappa shape index (κ1) is 11.2. The van der Waals surface area contributed by atoms with E-state index >= 15 is 0 Å². The van der Waals surface area contributed by atoms with Crippen molar-refractivity contribution in [1.29, 1.82) is 0 Å². The summed E-state index contributed by atoms with van der Waals surface area (Å²) in [6.07, 6.45) is 5.28. The van der Waals surface area contributed by atoms with Crippen molar-refractivity contribution in [3.05, 3.63) is 36.8 Å². The maximum atomic E-state index is 4.46. The lowest BCUT2D eigenvalue weighted by atomic mass is 10.2. The topological polar surface area (TPSA) is 56.0 Å². The van der Waals surface area contributed by atoms with Crippen molar-refractivity contribution in [2.24, 2.45) is 0 Å². The van der Waals surface area contributed by atoms with E-state index in [1.54, 1.807) is 34.9 Å². The van der Waals surface area contributed by atoms with Crippen LogP contribution in [0, 0.1) is 0 Å². The van der Waals surface area contributed by atoms with Crippen LogP contribution in [-0.2, 0) is 0 Å². The van der Waals surface area contributed by atoms with E-state index in [0.29, 0.717) is 5.78 Å². The van der Waals surface area contributed by atoms with E-state index in [1.807, 2.05) is 18.2 Å². The summed E-state index contributed by atoms with van der Waals surface area (Å²) in [4.78, 5) is 12.6. The highest BCUT2D eigenvalue weighted by molar-refractivity contribution is 7.99. The number of hydrogen-bond donors (Lipinski definition) is 0. The normalized spacial score (nSPS) is 10.9. The van der Waals surface area contributed by atoms with Gasteiger partial charge < -0.3 is 0 Å². The van der Waals surface area contributed by atoms with Crippen LogP contribution in [0.3, 0.4) is 0 Å². The predicted octanol–water partition coefficient (Wildman–Crippen LogP) is 2.30. The van der Waals surface area contributed by atoms with Gasteiger partial charge in [-0.2, -0.15) is 9.50 Å². The zero-order valence-corrected chi connectivity index (χ0v) is 10.6. The van der Waals surface area contributed by atoms with E-state index < -0.39 is 0 Å². The van der Waals surface area contributed by atoms with E-state index in [9.17, 15) is 0 Å². The average Bonchev–Trinajstić information content (AvgIpc) is 2.82. The van der Waals surface area contributed by atoms with Gasteiger partial charge in [0.1, 0.15) is 0 Å². The second-order valence-corrected chi connectivity index (χ2v) is 4.84. The predicted molar refractivity (Wildman–Crippen MR) is 70.4 cm³/mol. The molecule has 0 aliphatic heterocycles. The molecule has 0 atom stereocenters. The summed E-state index contributed by atoms with van der Waals surface area (Å²) in [5, 5.41) is 5.22. The molecule has 5 nitrogen and oxygen atoms in total. The number of fused-ring (bicyclic) bond motifs is 1. The highest BCUT2D eigenvalue weighted by Crippen LogP contribution is 2.20. The Hall–Kier alpha value is -1.95. The first-order valence-corrected chi connectivity index (χ1v) is 6.62. The lowest BCUT2D eigenvalue weighted by Crippen LogP contribution is -1.95. The lowest BCUT2D eigenvalue weighted by Gasteiger charge is -2.02. The first-order chi connectivity index (χ1) is 8.88. The van der Waals surface area contributed by atoms with Crippen LogP contribution >= 0.6 is 11.8 Å². The lowest BCUT2D eigenvalue weighted by molar-refractivity contribution is 0.886. The van der Waals surface area contributed by atoms with Gasteiger partial charge in [-0.25, -0.2) is 4.98 Å².